The molecule has 1 aromatic heterocycles. The van der Waals surface area contributed by atoms with Gasteiger partial charge in [0.05, 0.1) is 17.9 Å². The Morgan fingerprint density at radius 3 is 2.81 bits per heavy atom. The van der Waals surface area contributed by atoms with E-state index in [1.165, 1.54) is 0 Å². The maximum absolute atomic E-state index is 12.8. The molecule has 0 spiro atoms. The van der Waals surface area contributed by atoms with Crippen LogP contribution in [-0.2, 0) is 17.7 Å². The molecule has 2 aliphatic rings. The number of carbonyl (C=O) groups is 1. The van der Waals surface area contributed by atoms with Crippen LogP contribution in [0.2, 0.25) is 0 Å². The van der Waals surface area contributed by atoms with Gasteiger partial charge in [0.25, 0.3) is 0 Å². The number of aromatic nitrogens is 3. The Kier molecular flexibility index (Phi) is 5.38. The van der Waals surface area contributed by atoms with Gasteiger partial charge in [0.2, 0.25) is 0 Å². The predicted molar refractivity (Wildman–Crippen MR) is 102 cm³/mol. The molecule has 0 aliphatic carbocycles. The Labute approximate surface area is 159 Å². The topological polar surface area (TPSA) is 72.3 Å². The summed E-state index contributed by atoms with van der Waals surface area (Å²) in [6.07, 6.45) is 3.75. The number of nitrogens with one attached hydrogen (secondary N) is 1. The van der Waals surface area contributed by atoms with Crippen molar-refractivity contribution in [2.75, 3.05) is 19.8 Å². The number of hydrogen-bond donors (Lipinski definition) is 1. The minimum Gasteiger partial charge on any atom is -0.381 e. The van der Waals surface area contributed by atoms with Crippen molar-refractivity contribution in [1.82, 2.24) is 25.2 Å². The molecule has 144 valence electrons. The van der Waals surface area contributed by atoms with Gasteiger partial charge in [-0.2, -0.15) is 0 Å². The van der Waals surface area contributed by atoms with Gasteiger partial charge >= 0.3 is 6.03 Å². The molecular weight excluding hydrogens is 342 g/mol. The number of urea groups is 1. The van der Waals surface area contributed by atoms with E-state index in [4.69, 9.17) is 4.74 Å². The number of rotatable bonds is 4. The van der Waals surface area contributed by atoms with Gasteiger partial charge in [0.1, 0.15) is 5.69 Å². The molecule has 4 rings (SSSR count). The number of carbonyl (C=O) groups excluding carboxylic acids is 1. The first kappa shape index (κ1) is 18.0. The molecule has 1 N–H and O–H groups in total. The van der Waals surface area contributed by atoms with Crippen LogP contribution in [0.1, 0.15) is 37.6 Å². The lowest BCUT2D eigenvalue weighted by Crippen LogP contribution is -2.49. The second-order valence-electron chi connectivity index (χ2n) is 7.32. The van der Waals surface area contributed by atoms with Crippen molar-refractivity contribution in [2.24, 2.45) is 5.92 Å². The Morgan fingerprint density at radius 2 is 2.07 bits per heavy atom. The normalized spacial score (nSPS) is 18.8. The summed E-state index contributed by atoms with van der Waals surface area (Å²) in [6.45, 7) is 4.93. The molecule has 2 aromatic rings. The van der Waals surface area contributed by atoms with Crippen molar-refractivity contribution < 1.29 is 9.53 Å². The molecule has 1 aromatic carbocycles. The first-order chi connectivity index (χ1) is 13.3. The summed E-state index contributed by atoms with van der Waals surface area (Å²) >= 11 is 0. The molecule has 1 saturated heterocycles. The summed E-state index contributed by atoms with van der Waals surface area (Å²) in [5.41, 5.74) is 3.00. The largest absolute Gasteiger partial charge is 0.381 e. The van der Waals surface area contributed by atoms with E-state index in [0.29, 0.717) is 19.0 Å². The molecule has 7 nitrogen and oxygen atoms in total. The third kappa shape index (κ3) is 3.83. The Bertz CT molecular complexity index is 770. The number of amides is 2. The smallest absolute Gasteiger partial charge is 0.317 e. The zero-order valence-electron chi connectivity index (χ0n) is 15.8. The number of benzene rings is 1. The van der Waals surface area contributed by atoms with E-state index in [-0.39, 0.29) is 12.1 Å². The molecular formula is C20H27N5O2. The van der Waals surface area contributed by atoms with Crippen LogP contribution in [0.15, 0.2) is 30.3 Å². The maximum Gasteiger partial charge on any atom is 0.317 e. The van der Waals surface area contributed by atoms with Crippen molar-refractivity contribution >= 4 is 6.03 Å². The lowest BCUT2D eigenvalue weighted by atomic mass is 9.90. The Morgan fingerprint density at radius 1 is 1.30 bits per heavy atom. The van der Waals surface area contributed by atoms with E-state index in [1.807, 2.05) is 39.9 Å². The monoisotopic (exact) mass is 369 g/mol. The molecule has 3 heterocycles. The van der Waals surface area contributed by atoms with Crippen molar-refractivity contribution in [3.63, 3.8) is 0 Å². The standard InChI is InChI=1S/C20H27N5O2/c1-2-17(15-9-12-27-13-10-15)21-20(26)24-11-8-19-18(14-24)22-23-25(19)16-6-4-3-5-7-16/h3-7,15,17H,2,8-14H2,1H3,(H,21,26)/t17-/m0/s1. The highest BCUT2D eigenvalue weighted by atomic mass is 16.5. The zero-order valence-corrected chi connectivity index (χ0v) is 15.8. The Balaban J connectivity index is 1.42. The molecule has 1 atom stereocenters. The van der Waals surface area contributed by atoms with Crippen LogP contribution >= 0.6 is 0 Å². The average molecular weight is 369 g/mol. The third-order valence-corrected chi connectivity index (χ3v) is 5.67. The molecule has 1 fully saturated rings. The number of nitrogens with zero attached hydrogens (tertiary/aromatic N) is 4. The van der Waals surface area contributed by atoms with Crippen molar-refractivity contribution in [3.05, 3.63) is 41.7 Å². The molecule has 0 radical (unpaired) electrons. The molecule has 0 bridgehead atoms. The number of fused-ring (bicyclic) bond motifs is 1. The third-order valence-electron chi connectivity index (χ3n) is 5.67. The second kappa shape index (κ2) is 8.08. The summed E-state index contributed by atoms with van der Waals surface area (Å²) in [6, 6.07) is 10.2. The average Bonchev–Trinajstić information content (AvgIpc) is 3.16. The number of hydrogen-bond acceptors (Lipinski definition) is 4. The van der Waals surface area contributed by atoms with Crippen molar-refractivity contribution in [1.29, 1.82) is 0 Å². The van der Waals surface area contributed by atoms with Crippen molar-refractivity contribution in [2.45, 2.75) is 45.2 Å². The van der Waals surface area contributed by atoms with E-state index in [2.05, 4.69) is 22.6 Å². The van der Waals surface area contributed by atoms with Crippen LogP contribution < -0.4 is 5.32 Å². The van der Waals surface area contributed by atoms with E-state index < -0.39 is 0 Å². The summed E-state index contributed by atoms with van der Waals surface area (Å²) < 4.78 is 7.34. The Hall–Kier alpha value is -2.41. The van der Waals surface area contributed by atoms with Gasteiger partial charge in [-0.3, -0.25) is 0 Å². The van der Waals surface area contributed by atoms with E-state index in [9.17, 15) is 4.79 Å². The quantitative estimate of drug-likeness (QED) is 0.899. The lowest BCUT2D eigenvalue weighted by molar-refractivity contribution is 0.0534. The SMILES string of the molecule is CC[C@H](NC(=O)N1CCc2c(nnn2-c2ccccc2)C1)C1CCOCC1. The molecule has 7 heteroatoms. The molecule has 0 saturated carbocycles. The molecule has 2 aliphatic heterocycles. The van der Waals surface area contributed by atoms with Gasteiger partial charge in [-0.15, -0.1) is 5.10 Å². The van der Waals surface area contributed by atoms with Gasteiger partial charge in [-0.1, -0.05) is 30.3 Å². The fourth-order valence-corrected chi connectivity index (χ4v) is 4.08. The number of para-hydroxylation sites is 1. The fourth-order valence-electron chi connectivity index (χ4n) is 4.08. The van der Waals surface area contributed by atoms with Crippen LogP contribution in [0, 0.1) is 5.92 Å². The maximum atomic E-state index is 12.8. The van der Waals surface area contributed by atoms with Crippen LogP contribution in [0.3, 0.4) is 0 Å². The van der Waals surface area contributed by atoms with E-state index in [1.54, 1.807) is 0 Å². The van der Waals surface area contributed by atoms with Crippen LogP contribution in [0.4, 0.5) is 4.79 Å². The second-order valence-corrected chi connectivity index (χ2v) is 7.32. The zero-order chi connectivity index (χ0) is 18.6. The summed E-state index contributed by atoms with van der Waals surface area (Å²) in [5, 5.41) is 11.9. The molecule has 0 unspecified atom stereocenters. The molecule has 2 amide bonds. The number of ether oxygens (including phenoxy) is 1. The first-order valence-electron chi connectivity index (χ1n) is 9.88. The van der Waals surface area contributed by atoms with Crippen LogP contribution in [-0.4, -0.2) is 51.7 Å². The summed E-state index contributed by atoms with van der Waals surface area (Å²) in [5.74, 6) is 0.506. The first-order valence-corrected chi connectivity index (χ1v) is 9.88. The predicted octanol–water partition coefficient (Wildman–Crippen LogP) is 2.54. The summed E-state index contributed by atoms with van der Waals surface area (Å²) in [4.78, 5) is 14.7. The van der Waals surface area contributed by atoms with Gasteiger partial charge in [-0.25, -0.2) is 9.48 Å². The minimum atomic E-state index is 0.00764. The highest BCUT2D eigenvalue weighted by Gasteiger charge is 2.29. The lowest BCUT2D eigenvalue weighted by Gasteiger charge is -2.33. The fraction of sp³-hybridized carbons (Fsp3) is 0.550. The van der Waals surface area contributed by atoms with Crippen LogP contribution in [0.25, 0.3) is 5.69 Å². The highest BCUT2D eigenvalue weighted by Crippen LogP contribution is 2.23. The van der Waals surface area contributed by atoms with Crippen molar-refractivity contribution in [3.8, 4) is 5.69 Å². The van der Waals surface area contributed by atoms with Gasteiger partial charge < -0.3 is 15.0 Å². The molecule has 27 heavy (non-hydrogen) atoms. The van der Waals surface area contributed by atoms with Crippen LogP contribution in [0.5, 0.6) is 0 Å². The van der Waals surface area contributed by atoms with E-state index in [0.717, 1.165) is 56.0 Å². The van der Waals surface area contributed by atoms with E-state index >= 15 is 0 Å². The summed E-state index contributed by atoms with van der Waals surface area (Å²) in [7, 11) is 0. The van der Waals surface area contributed by atoms with Gasteiger partial charge in [-0.05, 0) is 37.3 Å². The minimum absolute atomic E-state index is 0.00764. The van der Waals surface area contributed by atoms with Gasteiger partial charge in [0.15, 0.2) is 0 Å². The van der Waals surface area contributed by atoms with Gasteiger partial charge in [0, 0.05) is 32.2 Å². The highest BCUT2D eigenvalue weighted by molar-refractivity contribution is 5.74.